The van der Waals surface area contributed by atoms with Gasteiger partial charge in [0.15, 0.2) is 0 Å². The number of hydrogen-bond donors (Lipinski definition) is 2. The molecule has 3 aliphatic rings. The van der Waals surface area contributed by atoms with E-state index in [1.54, 1.807) is 41.2 Å². The highest BCUT2D eigenvalue weighted by atomic mass is 16.5. The third-order valence-corrected chi connectivity index (χ3v) is 7.09. The van der Waals surface area contributed by atoms with Crippen molar-refractivity contribution in [1.29, 1.82) is 0 Å². The Morgan fingerprint density at radius 1 is 1.15 bits per heavy atom. The zero-order chi connectivity index (χ0) is 22.9. The van der Waals surface area contributed by atoms with E-state index in [0.29, 0.717) is 18.0 Å². The van der Waals surface area contributed by atoms with Crippen LogP contribution < -0.4 is 10.1 Å². The average Bonchev–Trinajstić information content (AvgIpc) is 3.36. The number of nitrogens with zero attached hydrogens (tertiary/aromatic N) is 2. The van der Waals surface area contributed by atoms with Crippen molar-refractivity contribution in [3.8, 4) is 5.75 Å². The standard InChI is InChI=1S/C26H29N3O4/c1-33-21-12-10-20(11-13-21)27-26(32)28-14-22-25(23(16-30)29(22)24(31)15-28)19-8-6-18(7-9-19)17-4-2-3-5-17/h4,6-13,22-23,25,30H,2-3,5,14-16H2,1H3,(H,27,32)/t22-,23-,25-/m1/s1. The van der Waals surface area contributed by atoms with Crippen LogP contribution in [0.4, 0.5) is 10.5 Å². The molecule has 0 radical (unpaired) electrons. The number of fused-ring (bicyclic) bond motifs is 1. The van der Waals surface area contributed by atoms with Crippen molar-refractivity contribution in [2.45, 2.75) is 37.3 Å². The van der Waals surface area contributed by atoms with E-state index < -0.39 is 0 Å². The summed E-state index contributed by atoms with van der Waals surface area (Å²) < 4.78 is 5.15. The number of rotatable bonds is 5. The van der Waals surface area contributed by atoms with Gasteiger partial charge in [0.05, 0.1) is 25.8 Å². The number of benzene rings is 2. The van der Waals surface area contributed by atoms with Gasteiger partial charge in [0.1, 0.15) is 12.3 Å². The molecule has 0 saturated carbocycles. The zero-order valence-electron chi connectivity index (χ0n) is 18.7. The minimum absolute atomic E-state index is 0.00199. The molecule has 2 fully saturated rings. The molecule has 0 bridgehead atoms. The molecule has 7 nitrogen and oxygen atoms in total. The molecule has 7 heteroatoms. The summed E-state index contributed by atoms with van der Waals surface area (Å²) in [4.78, 5) is 29.1. The van der Waals surface area contributed by atoms with Gasteiger partial charge >= 0.3 is 6.03 Å². The van der Waals surface area contributed by atoms with Gasteiger partial charge in [-0.3, -0.25) is 4.79 Å². The van der Waals surface area contributed by atoms with Crippen LogP contribution in [0.3, 0.4) is 0 Å². The van der Waals surface area contributed by atoms with Crippen LogP contribution in [0.15, 0.2) is 54.6 Å². The first-order chi connectivity index (χ1) is 16.1. The van der Waals surface area contributed by atoms with E-state index in [1.807, 2.05) is 0 Å². The van der Waals surface area contributed by atoms with Crippen LogP contribution in [0.1, 0.15) is 36.3 Å². The number of piperazine rings is 1. The van der Waals surface area contributed by atoms with Crippen molar-refractivity contribution in [2.75, 3.05) is 32.1 Å². The van der Waals surface area contributed by atoms with Crippen molar-refractivity contribution in [3.63, 3.8) is 0 Å². The number of hydrogen-bond acceptors (Lipinski definition) is 4. The summed E-state index contributed by atoms with van der Waals surface area (Å²) in [5.74, 6) is 0.584. The van der Waals surface area contributed by atoms with Gasteiger partial charge in [-0.05, 0) is 60.2 Å². The maximum absolute atomic E-state index is 12.9. The summed E-state index contributed by atoms with van der Waals surface area (Å²) >= 11 is 0. The number of allylic oxidation sites excluding steroid dienone is 2. The van der Waals surface area contributed by atoms with E-state index >= 15 is 0 Å². The Bertz CT molecular complexity index is 1060. The Kier molecular flexibility index (Phi) is 5.81. The molecule has 3 amide bonds. The first kappa shape index (κ1) is 21.5. The first-order valence-corrected chi connectivity index (χ1v) is 11.5. The van der Waals surface area contributed by atoms with Crippen LogP contribution in [-0.4, -0.2) is 65.7 Å². The molecule has 172 valence electrons. The minimum atomic E-state index is -0.303. The molecule has 3 atom stereocenters. The largest absolute Gasteiger partial charge is 0.497 e. The van der Waals surface area contributed by atoms with Gasteiger partial charge in [-0.15, -0.1) is 0 Å². The van der Waals surface area contributed by atoms with Gasteiger partial charge in [0.2, 0.25) is 5.91 Å². The lowest BCUT2D eigenvalue weighted by Crippen LogP contribution is -2.73. The van der Waals surface area contributed by atoms with Gasteiger partial charge < -0.3 is 25.0 Å². The summed E-state index contributed by atoms with van der Waals surface area (Å²) in [6.07, 6.45) is 5.76. The van der Waals surface area contributed by atoms with E-state index in [2.05, 4.69) is 35.7 Å². The molecule has 2 saturated heterocycles. The lowest BCUT2D eigenvalue weighted by Gasteiger charge is -2.58. The number of aliphatic hydroxyl groups is 1. The molecule has 5 rings (SSSR count). The molecule has 0 spiro atoms. The van der Waals surface area contributed by atoms with Crippen molar-refractivity contribution in [2.24, 2.45) is 0 Å². The second-order valence-corrected chi connectivity index (χ2v) is 8.93. The van der Waals surface area contributed by atoms with Crippen LogP contribution in [0.25, 0.3) is 5.57 Å². The van der Waals surface area contributed by atoms with Gasteiger partial charge in [-0.25, -0.2) is 4.79 Å². The van der Waals surface area contributed by atoms with Crippen molar-refractivity contribution in [1.82, 2.24) is 9.80 Å². The smallest absolute Gasteiger partial charge is 0.322 e. The third-order valence-electron chi connectivity index (χ3n) is 7.09. The number of amides is 3. The van der Waals surface area contributed by atoms with Gasteiger partial charge in [0, 0.05) is 18.2 Å². The minimum Gasteiger partial charge on any atom is -0.497 e. The second kappa shape index (κ2) is 8.90. The summed E-state index contributed by atoms with van der Waals surface area (Å²) in [6.45, 7) is 0.356. The maximum atomic E-state index is 12.9. The number of carbonyl (C=O) groups excluding carboxylic acids is 2. The number of aliphatic hydroxyl groups excluding tert-OH is 1. The molecule has 2 aromatic carbocycles. The van der Waals surface area contributed by atoms with Gasteiger partial charge in [-0.1, -0.05) is 30.3 Å². The fraction of sp³-hybridized carbons (Fsp3) is 0.385. The van der Waals surface area contributed by atoms with Crippen LogP contribution in [-0.2, 0) is 4.79 Å². The molecule has 33 heavy (non-hydrogen) atoms. The number of ether oxygens (including phenoxy) is 1. The van der Waals surface area contributed by atoms with Crippen LogP contribution >= 0.6 is 0 Å². The number of nitrogens with one attached hydrogen (secondary N) is 1. The predicted molar refractivity (Wildman–Crippen MR) is 126 cm³/mol. The van der Waals surface area contributed by atoms with Crippen molar-refractivity contribution < 1.29 is 19.4 Å². The molecular formula is C26H29N3O4. The number of methoxy groups -OCH3 is 1. The first-order valence-electron chi connectivity index (χ1n) is 11.5. The van der Waals surface area contributed by atoms with Gasteiger partial charge in [0.25, 0.3) is 0 Å². The summed E-state index contributed by atoms with van der Waals surface area (Å²) in [5, 5.41) is 12.9. The molecule has 2 heterocycles. The lowest BCUT2D eigenvalue weighted by molar-refractivity contribution is -0.159. The van der Waals surface area contributed by atoms with E-state index in [0.717, 1.165) is 18.4 Å². The fourth-order valence-electron chi connectivity index (χ4n) is 5.38. The Hall–Kier alpha value is -3.32. The fourth-order valence-corrected chi connectivity index (χ4v) is 5.38. The molecular weight excluding hydrogens is 418 g/mol. The highest BCUT2D eigenvalue weighted by Crippen LogP contribution is 2.43. The molecule has 1 aliphatic carbocycles. The molecule has 2 aromatic rings. The normalized spacial score (nSPS) is 24.1. The number of urea groups is 1. The quantitative estimate of drug-likeness (QED) is 0.736. The monoisotopic (exact) mass is 447 g/mol. The molecule has 0 aromatic heterocycles. The Labute approximate surface area is 193 Å². The average molecular weight is 448 g/mol. The summed E-state index contributed by atoms with van der Waals surface area (Å²) in [5.41, 5.74) is 4.38. The highest BCUT2D eigenvalue weighted by Gasteiger charge is 2.54. The van der Waals surface area contributed by atoms with Gasteiger partial charge in [-0.2, -0.15) is 0 Å². The highest BCUT2D eigenvalue weighted by molar-refractivity contribution is 5.93. The molecule has 2 N–H and O–H groups in total. The topological polar surface area (TPSA) is 82.1 Å². The summed E-state index contributed by atoms with van der Waals surface area (Å²) in [6, 6.07) is 14.9. The Balaban J connectivity index is 1.31. The SMILES string of the molecule is COc1ccc(NC(=O)N2CC(=O)N3[C@H](CO)[C@H](c4ccc(C5=CCCC5)cc4)[C@H]3C2)cc1. The van der Waals surface area contributed by atoms with E-state index in [4.69, 9.17) is 4.74 Å². The summed E-state index contributed by atoms with van der Waals surface area (Å²) in [7, 11) is 1.59. The lowest BCUT2D eigenvalue weighted by atomic mass is 9.73. The Morgan fingerprint density at radius 2 is 1.91 bits per heavy atom. The third kappa shape index (κ3) is 3.97. The van der Waals surface area contributed by atoms with Crippen LogP contribution in [0.2, 0.25) is 0 Å². The maximum Gasteiger partial charge on any atom is 0.322 e. The predicted octanol–water partition coefficient (Wildman–Crippen LogP) is 3.47. The number of carbonyl (C=O) groups is 2. The van der Waals surface area contributed by atoms with E-state index in [9.17, 15) is 14.7 Å². The van der Waals surface area contributed by atoms with E-state index in [1.165, 1.54) is 17.6 Å². The Morgan fingerprint density at radius 3 is 2.55 bits per heavy atom. The molecule has 0 unspecified atom stereocenters. The van der Waals surface area contributed by atoms with Crippen LogP contribution in [0, 0.1) is 0 Å². The zero-order valence-corrected chi connectivity index (χ0v) is 18.7. The van der Waals surface area contributed by atoms with E-state index in [-0.39, 0.29) is 43.1 Å². The van der Waals surface area contributed by atoms with Crippen molar-refractivity contribution in [3.05, 3.63) is 65.7 Å². The van der Waals surface area contributed by atoms with Crippen LogP contribution in [0.5, 0.6) is 5.75 Å². The molecule has 2 aliphatic heterocycles. The second-order valence-electron chi connectivity index (χ2n) is 8.93. The van der Waals surface area contributed by atoms with Crippen molar-refractivity contribution >= 4 is 23.2 Å². The number of anilines is 1.